The number of aliphatic hydroxyl groups excluding tert-OH is 2. The number of rotatable bonds is 1. The first-order chi connectivity index (χ1) is 9.16. The van der Waals surface area contributed by atoms with E-state index in [0.717, 1.165) is 19.5 Å². The molecule has 1 aliphatic carbocycles. The minimum absolute atomic E-state index is 0.217. The van der Waals surface area contributed by atoms with Crippen LogP contribution in [0.2, 0.25) is 0 Å². The van der Waals surface area contributed by atoms with E-state index in [0.29, 0.717) is 12.8 Å². The van der Waals surface area contributed by atoms with Gasteiger partial charge in [-0.05, 0) is 30.4 Å². The minimum atomic E-state index is -0.631. The van der Waals surface area contributed by atoms with E-state index in [1.54, 1.807) is 0 Å². The number of nitrogens with two attached hydrogens (primary N) is 1. The van der Waals surface area contributed by atoms with E-state index in [2.05, 4.69) is 23.1 Å². The Balaban J connectivity index is 1.80. The third-order valence-electron chi connectivity index (χ3n) is 4.56. The van der Waals surface area contributed by atoms with Crippen molar-refractivity contribution in [3.05, 3.63) is 35.4 Å². The molecule has 4 nitrogen and oxygen atoms in total. The number of hydrogen-bond donors (Lipinski definition) is 3. The summed E-state index contributed by atoms with van der Waals surface area (Å²) in [6.07, 6.45) is 1.25. The Morgan fingerprint density at radius 3 is 2.63 bits per heavy atom. The molecule has 4 atom stereocenters. The number of nitrogens with zero attached hydrogens (tertiary/aromatic N) is 1. The van der Waals surface area contributed by atoms with Crippen molar-refractivity contribution in [2.24, 2.45) is 5.73 Å². The summed E-state index contributed by atoms with van der Waals surface area (Å²) < 4.78 is 0. The normalized spacial score (nSPS) is 35.9. The lowest BCUT2D eigenvalue weighted by atomic mass is 9.84. The number of fused-ring (bicyclic) bond motifs is 1. The second-order valence-electron chi connectivity index (χ2n) is 5.78. The van der Waals surface area contributed by atoms with E-state index in [1.807, 2.05) is 6.07 Å². The largest absolute Gasteiger partial charge is 0.391 e. The Bertz CT molecular complexity index is 452. The second kappa shape index (κ2) is 5.21. The fraction of sp³-hybridized carbons (Fsp3) is 0.600. The van der Waals surface area contributed by atoms with E-state index in [1.165, 1.54) is 11.1 Å². The average Bonchev–Trinajstić information content (AvgIpc) is 2.43. The predicted octanol–water partition coefficient (Wildman–Crippen LogP) is 0.256. The maximum absolute atomic E-state index is 10.3. The topological polar surface area (TPSA) is 69.7 Å². The molecule has 1 saturated carbocycles. The number of benzene rings is 1. The maximum atomic E-state index is 10.3. The van der Waals surface area contributed by atoms with E-state index >= 15 is 0 Å². The van der Waals surface area contributed by atoms with Crippen LogP contribution in [0.15, 0.2) is 24.3 Å². The van der Waals surface area contributed by atoms with Crippen LogP contribution >= 0.6 is 0 Å². The smallest absolute Gasteiger partial charge is 0.0871 e. The van der Waals surface area contributed by atoms with Gasteiger partial charge in [0.15, 0.2) is 0 Å². The highest BCUT2D eigenvalue weighted by Crippen LogP contribution is 2.28. The molecule has 0 bridgehead atoms. The molecule has 19 heavy (non-hydrogen) atoms. The van der Waals surface area contributed by atoms with Gasteiger partial charge in [-0.2, -0.15) is 0 Å². The Morgan fingerprint density at radius 1 is 1.11 bits per heavy atom. The second-order valence-corrected chi connectivity index (χ2v) is 5.78. The predicted molar refractivity (Wildman–Crippen MR) is 73.6 cm³/mol. The van der Waals surface area contributed by atoms with Gasteiger partial charge in [-0.3, -0.25) is 4.90 Å². The van der Waals surface area contributed by atoms with Gasteiger partial charge in [-0.25, -0.2) is 0 Å². The minimum Gasteiger partial charge on any atom is -0.391 e. The number of hydrogen-bond acceptors (Lipinski definition) is 4. The van der Waals surface area contributed by atoms with Gasteiger partial charge in [0.25, 0.3) is 0 Å². The van der Waals surface area contributed by atoms with Crippen molar-refractivity contribution < 1.29 is 10.2 Å². The van der Waals surface area contributed by atoms with Crippen molar-refractivity contribution in [1.29, 1.82) is 0 Å². The summed E-state index contributed by atoms with van der Waals surface area (Å²) in [5.74, 6) is 0. The Morgan fingerprint density at radius 2 is 1.84 bits per heavy atom. The highest BCUT2D eigenvalue weighted by Gasteiger charge is 2.40. The molecule has 0 spiro atoms. The van der Waals surface area contributed by atoms with Crippen LogP contribution in [0.3, 0.4) is 0 Å². The molecule has 2 aliphatic rings. The molecule has 3 rings (SSSR count). The van der Waals surface area contributed by atoms with Crippen LogP contribution in [-0.2, 0) is 13.0 Å². The zero-order chi connectivity index (χ0) is 13.4. The monoisotopic (exact) mass is 262 g/mol. The van der Waals surface area contributed by atoms with E-state index in [4.69, 9.17) is 5.73 Å². The Labute approximate surface area is 113 Å². The van der Waals surface area contributed by atoms with Gasteiger partial charge in [0.2, 0.25) is 0 Å². The maximum Gasteiger partial charge on any atom is 0.0871 e. The molecule has 1 fully saturated rings. The fourth-order valence-electron chi connectivity index (χ4n) is 3.42. The summed E-state index contributed by atoms with van der Waals surface area (Å²) >= 11 is 0. The summed E-state index contributed by atoms with van der Waals surface area (Å²) in [6.45, 7) is 1.67. The Hall–Kier alpha value is -0.940. The van der Waals surface area contributed by atoms with Crippen molar-refractivity contribution in [2.45, 2.75) is 50.1 Å². The third-order valence-corrected chi connectivity index (χ3v) is 4.56. The summed E-state index contributed by atoms with van der Waals surface area (Å²) in [5.41, 5.74) is 8.62. The summed E-state index contributed by atoms with van der Waals surface area (Å²) in [7, 11) is 0. The van der Waals surface area contributed by atoms with Gasteiger partial charge in [-0.1, -0.05) is 24.3 Å². The van der Waals surface area contributed by atoms with Crippen molar-refractivity contribution in [3.63, 3.8) is 0 Å². The molecule has 0 unspecified atom stereocenters. The Kier molecular flexibility index (Phi) is 3.58. The number of aliphatic hydroxyl groups is 2. The van der Waals surface area contributed by atoms with Crippen LogP contribution in [-0.4, -0.2) is 45.9 Å². The molecule has 0 aromatic heterocycles. The van der Waals surface area contributed by atoms with E-state index < -0.39 is 12.2 Å². The molecule has 104 valence electrons. The standard InChI is InChI=1S/C15H22N2O2/c16-12-5-6-13(18)14(15(12)19)17-8-7-10-3-1-2-4-11(10)9-17/h1-4,12-15,18-19H,5-9,16H2/t12-,13+,14-,15-/m1/s1. The molecular weight excluding hydrogens is 240 g/mol. The van der Waals surface area contributed by atoms with Crippen LogP contribution in [0, 0.1) is 0 Å². The molecule has 4 heteroatoms. The SMILES string of the molecule is N[C@@H]1CC[C@H](O)[C@@H](N2CCc3ccccc3C2)[C@@H]1O. The lowest BCUT2D eigenvalue weighted by Gasteiger charge is -2.44. The molecule has 1 aromatic rings. The van der Waals surface area contributed by atoms with Crippen LogP contribution in [0.5, 0.6) is 0 Å². The van der Waals surface area contributed by atoms with Crippen LogP contribution in [0.1, 0.15) is 24.0 Å². The first-order valence-corrected chi connectivity index (χ1v) is 7.09. The molecule has 0 saturated heterocycles. The molecule has 1 aliphatic heterocycles. The molecule has 0 radical (unpaired) electrons. The van der Waals surface area contributed by atoms with E-state index in [9.17, 15) is 10.2 Å². The molecular formula is C15H22N2O2. The van der Waals surface area contributed by atoms with E-state index in [-0.39, 0.29) is 12.1 Å². The third kappa shape index (κ3) is 2.41. The molecule has 0 amide bonds. The highest BCUT2D eigenvalue weighted by atomic mass is 16.3. The quantitative estimate of drug-likeness (QED) is 0.679. The van der Waals surface area contributed by atoms with Gasteiger partial charge in [-0.15, -0.1) is 0 Å². The lowest BCUT2D eigenvalue weighted by Crippen LogP contribution is -2.60. The molecule has 1 heterocycles. The van der Waals surface area contributed by atoms with Gasteiger partial charge >= 0.3 is 0 Å². The van der Waals surface area contributed by atoms with Crippen LogP contribution in [0.4, 0.5) is 0 Å². The van der Waals surface area contributed by atoms with Crippen molar-refractivity contribution >= 4 is 0 Å². The van der Waals surface area contributed by atoms with Crippen molar-refractivity contribution in [1.82, 2.24) is 4.90 Å². The van der Waals surface area contributed by atoms with Gasteiger partial charge in [0.05, 0.1) is 18.2 Å². The lowest BCUT2D eigenvalue weighted by molar-refractivity contribution is -0.0694. The van der Waals surface area contributed by atoms with Crippen LogP contribution < -0.4 is 5.73 Å². The summed E-state index contributed by atoms with van der Waals surface area (Å²) in [4.78, 5) is 2.19. The fourth-order valence-corrected chi connectivity index (χ4v) is 3.42. The first kappa shape index (κ1) is 13.1. The average molecular weight is 262 g/mol. The molecule has 1 aromatic carbocycles. The summed E-state index contributed by atoms with van der Waals surface area (Å²) in [5, 5.41) is 20.5. The highest BCUT2D eigenvalue weighted by molar-refractivity contribution is 5.29. The van der Waals surface area contributed by atoms with Gasteiger partial charge in [0.1, 0.15) is 0 Å². The molecule has 4 N–H and O–H groups in total. The first-order valence-electron chi connectivity index (χ1n) is 7.09. The van der Waals surface area contributed by atoms with Gasteiger partial charge < -0.3 is 15.9 Å². The zero-order valence-corrected chi connectivity index (χ0v) is 11.1. The van der Waals surface area contributed by atoms with Crippen molar-refractivity contribution in [2.75, 3.05) is 6.54 Å². The summed E-state index contributed by atoms with van der Waals surface area (Å²) in [6, 6.07) is 7.95. The van der Waals surface area contributed by atoms with Crippen LogP contribution in [0.25, 0.3) is 0 Å². The van der Waals surface area contributed by atoms with Crippen molar-refractivity contribution in [3.8, 4) is 0 Å². The zero-order valence-electron chi connectivity index (χ0n) is 11.1. The van der Waals surface area contributed by atoms with Gasteiger partial charge in [0, 0.05) is 19.1 Å².